The number of hydrogen-bond donors (Lipinski definition) is 2. The zero-order valence-corrected chi connectivity index (χ0v) is 18.8. The first-order valence-corrected chi connectivity index (χ1v) is 11.1. The first kappa shape index (κ1) is 22.4. The van der Waals surface area contributed by atoms with Gasteiger partial charge in [0.2, 0.25) is 5.95 Å². The molecule has 1 aromatic heterocycles. The highest BCUT2D eigenvalue weighted by Gasteiger charge is 2.27. The highest BCUT2D eigenvalue weighted by molar-refractivity contribution is 6.07. The van der Waals surface area contributed by atoms with Gasteiger partial charge >= 0.3 is 0 Å². The van der Waals surface area contributed by atoms with E-state index in [1.807, 2.05) is 24.3 Å². The van der Waals surface area contributed by atoms with E-state index in [1.54, 1.807) is 30.0 Å². The van der Waals surface area contributed by atoms with Crippen molar-refractivity contribution in [3.05, 3.63) is 88.6 Å². The molecule has 0 saturated heterocycles. The molecule has 9 heteroatoms. The van der Waals surface area contributed by atoms with E-state index < -0.39 is 17.5 Å². The number of nitrogen functional groups attached to an aromatic ring is 1. The number of carbonyl (C=O) groups is 2. The van der Waals surface area contributed by atoms with E-state index in [0.29, 0.717) is 36.1 Å². The Kier molecular flexibility index (Phi) is 5.60. The number of benzene rings is 3. The molecule has 1 aliphatic rings. The summed E-state index contributed by atoms with van der Waals surface area (Å²) in [7, 11) is 0. The third kappa shape index (κ3) is 4.05. The molecule has 2 heterocycles. The molecule has 0 radical (unpaired) electrons. The predicted molar refractivity (Wildman–Crippen MR) is 127 cm³/mol. The van der Waals surface area contributed by atoms with Crippen LogP contribution in [0.25, 0.3) is 22.0 Å². The van der Waals surface area contributed by atoms with Gasteiger partial charge in [-0.25, -0.2) is 18.7 Å². The number of fused-ring (bicyclic) bond motifs is 2. The maximum absolute atomic E-state index is 14.2. The summed E-state index contributed by atoms with van der Waals surface area (Å²) in [6.45, 7) is 2.91. The van der Waals surface area contributed by atoms with Crippen molar-refractivity contribution in [2.24, 2.45) is 0 Å². The molecule has 176 valence electrons. The number of nitrogens with zero attached hydrogens (tertiary/aromatic N) is 3. The topological polar surface area (TPSA) is 101 Å². The van der Waals surface area contributed by atoms with Crippen molar-refractivity contribution in [1.29, 1.82) is 0 Å². The minimum Gasteiger partial charge on any atom is -0.368 e. The van der Waals surface area contributed by atoms with E-state index in [4.69, 9.17) is 5.73 Å². The maximum Gasteiger partial charge on any atom is 0.273 e. The minimum atomic E-state index is -1.13. The van der Waals surface area contributed by atoms with Gasteiger partial charge in [-0.2, -0.15) is 0 Å². The van der Waals surface area contributed by atoms with Crippen molar-refractivity contribution in [2.75, 3.05) is 12.3 Å². The fraction of sp³-hybridized carbons (Fsp3) is 0.154. The number of amides is 2. The molecule has 35 heavy (non-hydrogen) atoms. The number of nitrogens with one attached hydrogen (secondary N) is 1. The predicted octanol–water partition coefficient (Wildman–Crippen LogP) is 4.06. The molecule has 2 amide bonds. The summed E-state index contributed by atoms with van der Waals surface area (Å²) < 4.78 is 28.2. The van der Waals surface area contributed by atoms with Gasteiger partial charge in [-0.15, -0.1) is 0 Å². The number of anilines is 1. The Labute approximate surface area is 199 Å². The van der Waals surface area contributed by atoms with Crippen LogP contribution < -0.4 is 11.1 Å². The summed E-state index contributed by atoms with van der Waals surface area (Å²) >= 11 is 0. The van der Waals surface area contributed by atoms with E-state index in [1.165, 1.54) is 0 Å². The second kappa shape index (κ2) is 8.75. The quantitative estimate of drug-likeness (QED) is 0.466. The molecule has 0 fully saturated rings. The Morgan fingerprint density at radius 1 is 1.00 bits per heavy atom. The van der Waals surface area contributed by atoms with Gasteiger partial charge in [0.15, 0.2) is 11.6 Å². The van der Waals surface area contributed by atoms with E-state index in [9.17, 15) is 18.4 Å². The number of aromatic nitrogens is 2. The molecule has 4 aromatic rings. The number of carbonyl (C=O) groups excluding carboxylic acids is 2. The standard InChI is InChI=1S/C26H21F2N5O2/c1-2-30-24(34)18-11-21(28)20(27)10-17(18)14-7-8-22-19(9-14)23(32-26(29)31-22)25(35)33-12-15-5-3-4-6-16(15)13-33/h3-11H,2,12-13H2,1H3,(H,30,34)(H2,29,31,32). The third-order valence-corrected chi connectivity index (χ3v) is 6.00. The second-order valence-corrected chi connectivity index (χ2v) is 8.26. The van der Waals surface area contributed by atoms with Crippen LogP contribution in [0.4, 0.5) is 14.7 Å². The smallest absolute Gasteiger partial charge is 0.273 e. The van der Waals surface area contributed by atoms with Crippen LogP contribution in [-0.4, -0.2) is 33.2 Å². The van der Waals surface area contributed by atoms with Crippen LogP contribution in [0.3, 0.4) is 0 Å². The lowest BCUT2D eigenvalue weighted by Gasteiger charge is -2.17. The maximum atomic E-state index is 14.2. The van der Waals surface area contributed by atoms with E-state index in [-0.39, 0.29) is 28.7 Å². The Bertz CT molecular complexity index is 1480. The van der Waals surface area contributed by atoms with Crippen LogP contribution in [-0.2, 0) is 13.1 Å². The van der Waals surface area contributed by atoms with Gasteiger partial charge in [0.1, 0.15) is 5.69 Å². The summed E-state index contributed by atoms with van der Waals surface area (Å²) in [5.74, 6) is -3.14. The molecular formula is C26H21F2N5O2. The SMILES string of the molecule is CCNC(=O)c1cc(F)c(F)cc1-c1ccc2nc(N)nc(C(=O)N3Cc4ccccc4C3)c2c1. The fourth-order valence-corrected chi connectivity index (χ4v) is 4.33. The van der Waals surface area contributed by atoms with Gasteiger partial charge < -0.3 is 16.0 Å². The van der Waals surface area contributed by atoms with Crippen LogP contribution >= 0.6 is 0 Å². The summed E-state index contributed by atoms with van der Waals surface area (Å²) in [6.07, 6.45) is 0. The molecule has 7 nitrogen and oxygen atoms in total. The third-order valence-electron chi connectivity index (χ3n) is 6.00. The summed E-state index contributed by atoms with van der Waals surface area (Å²) in [5.41, 5.74) is 9.09. The van der Waals surface area contributed by atoms with E-state index in [0.717, 1.165) is 23.3 Å². The minimum absolute atomic E-state index is 0.0238. The largest absolute Gasteiger partial charge is 0.368 e. The summed E-state index contributed by atoms with van der Waals surface area (Å²) in [4.78, 5) is 36.2. The lowest BCUT2D eigenvalue weighted by Crippen LogP contribution is -2.27. The molecular weight excluding hydrogens is 452 g/mol. The molecule has 0 saturated carbocycles. The van der Waals surface area contributed by atoms with Gasteiger partial charge in [-0.3, -0.25) is 9.59 Å². The van der Waals surface area contributed by atoms with Gasteiger partial charge in [-0.05, 0) is 53.4 Å². The van der Waals surface area contributed by atoms with Crippen molar-refractivity contribution in [3.63, 3.8) is 0 Å². The normalized spacial score (nSPS) is 12.6. The average molecular weight is 473 g/mol. The van der Waals surface area contributed by atoms with E-state index in [2.05, 4.69) is 15.3 Å². The molecule has 0 bridgehead atoms. The molecule has 0 spiro atoms. The molecule has 0 aliphatic carbocycles. The fourth-order valence-electron chi connectivity index (χ4n) is 4.33. The van der Waals surface area contributed by atoms with Crippen LogP contribution in [0.5, 0.6) is 0 Å². The van der Waals surface area contributed by atoms with Crippen molar-refractivity contribution >= 4 is 28.7 Å². The lowest BCUT2D eigenvalue weighted by molar-refractivity contribution is 0.0747. The Hall–Kier alpha value is -4.40. The highest BCUT2D eigenvalue weighted by Crippen LogP contribution is 2.31. The van der Waals surface area contributed by atoms with Crippen molar-refractivity contribution in [1.82, 2.24) is 20.2 Å². The summed E-state index contributed by atoms with van der Waals surface area (Å²) in [5, 5.41) is 3.00. The highest BCUT2D eigenvalue weighted by atomic mass is 19.2. The van der Waals surface area contributed by atoms with Crippen LogP contribution in [0.1, 0.15) is 38.9 Å². The number of rotatable bonds is 4. The monoisotopic (exact) mass is 473 g/mol. The molecule has 0 unspecified atom stereocenters. The number of nitrogens with two attached hydrogens (primary N) is 1. The zero-order chi connectivity index (χ0) is 24.7. The average Bonchev–Trinajstić information content (AvgIpc) is 3.29. The Morgan fingerprint density at radius 2 is 1.69 bits per heavy atom. The molecule has 5 rings (SSSR count). The van der Waals surface area contributed by atoms with Gasteiger partial charge in [0.05, 0.1) is 11.1 Å². The van der Waals surface area contributed by atoms with Gasteiger partial charge in [0.25, 0.3) is 11.8 Å². The van der Waals surface area contributed by atoms with Crippen LogP contribution in [0, 0.1) is 11.6 Å². The Balaban J connectivity index is 1.62. The van der Waals surface area contributed by atoms with Crippen molar-refractivity contribution < 1.29 is 18.4 Å². The summed E-state index contributed by atoms with van der Waals surface area (Å²) in [6, 6.07) is 14.4. The Morgan fingerprint density at radius 3 is 2.37 bits per heavy atom. The molecule has 3 N–H and O–H groups in total. The zero-order valence-electron chi connectivity index (χ0n) is 18.8. The van der Waals surface area contributed by atoms with Gasteiger partial charge in [-0.1, -0.05) is 30.3 Å². The second-order valence-electron chi connectivity index (χ2n) is 8.26. The lowest BCUT2D eigenvalue weighted by atomic mass is 9.96. The molecule has 3 aromatic carbocycles. The van der Waals surface area contributed by atoms with Gasteiger partial charge in [0, 0.05) is 25.0 Å². The number of hydrogen-bond acceptors (Lipinski definition) is 5. The van der Waals surface area contributed by atoms with Crippen LogP contribution in [0.15, 0.2) is 54.6 Å². The number of halogens is 2. The first-order valence-electron chi connectivity index (χ1n) is 11.1. The van der Waals surface area contributed by atoms with Crippen molar-refractivity contribution in [2.45, 2.75) is 20.0 Å². The van der Waals surface area contributed by atoms with Crippen molar-refractivity contribution in [3.8, 4) is 11.1 Å². The first-order chi connectivity index (χ1) is 16.9. The van der Waals surface area contributed by atoms with E-state index >= 15 is 0 Å². The van der Waals surface area contributed by atoms with Crippen LogP contribution in [0.2, 0.25) is 0 Å². The molecule has 1 aliphatic heterocycles. The molecule has 0 atom stereocenters.